The summed E-state index contributed by atoms with van der Waals surface area (Å²) in [6, 6.07) is 17.2. The molecular formula is C22H14F3NO2. The van der Waals surface area contributed by atoms with Crippen molar-refractivity contribution in [3.05, 3.63) is 88.3 Å². The summed E-state index contributed by atoms with van der Waals surface area (Å²) in [4.78, 5) is 16.9. The normalized spacial score (nSPS) is 11.7. The summed E-state index contributed by atoms with van der Waals surface area (Å²) >= 11 is 0. The number of benzene rings is 3. The van der Waals surface area contributed by atoms with Crippen molar-refractivity contribution in [3.8, 4) is 22.6 Å². The van der Waals surface area contributed by atoms with Crippen molar-refractivity contribution >= 4 is 10.9 Å². The van der Waals surface area contributed by atoms with Crippen molar-refractivity contribution in [3.63, 3.8) is 0 Å². The molecule has 0 fully saturated rings. The Labute approximate surface area is 158 Å². The summed E-state index contributed by atoms with van der Waals surface area (Å²) in [5.74, 6) is 0.222. The summed E-state index contributed by atoms with van der Waals surface area (Å²) in [5, 5.41) is 0.272. The number of hydrogen-bond donors (Lipinski definition) is 0. The van der Waals surface area contributed by atoms with Crippen molar-refractivity contribution in [2.45, 2.75) is 13.1 Å². The molecule has 0 amide bonds. The molecule has 1 heterocycles. The number of aryl methyl sites for hydroxylation is 1. The van der Waals surface area contributed by atoms with E-state index in [2.05, 4.69) is 4.98 Å². The van der Waals surface area contributed by atoms with E-state index in [1.165, 1.54) is 12.1 Å². The average molecular weight is 381 g/mol. The van der Waals surface area contributed by atoms with Crippen molar-refractivity contribution in [2.24, 2.45) is 0 Å². The predicted octanol–water partition coefficient (Wildman–Crippen LogP) is 5.85. The fourth-order valence-electron chi connectivity index (χ4n) is 2.92. The Morgan fingerprint density at radius 3 is 2.07 bits per heavy atom. The maximum Gasteiger partial charge on any atom is 0.416 e. The average Bonchev–Trinajstić information content (AvgIpc) is 2.68. The molecule has 28 heavy (non-hydrogen) atoms. The highest BCUT2D eigenvalue weighted by atomic mass is 19.4. The molecule has 0 atom stereocenters. The molecule has 6 heteroatoms. The highest BCUT2D eigenvalue weighted by Crippen LogP contribution is 2.31. The topological polar surface area (TPSA) is 43.1 Å². The molecule has 0 aliphatic heterocycles. The van der Waals surface area contributed by atoms with Crippen molar-refractivity contribution < 1.29 is 17.6 Å². The van der Waals surface area contributed by atoms with Gasteiger partial charge in [0.05, 0.1) is 16.5 Å². The second kappa shape index (κ2) is 6.64. The van der Waals surface area contributed by atoms with Crippen molar-refractivity contribution in [2.75, 3.05) is 0 Å². The van der Waals surface area contributed by atoms with E-state index < -0.39 is 17.4 Å². The molecule has 0 aliphatic carbocycles. The molecule has 0 radical (unpaired) electrons. The van der Waals surface area contributed by atoms with E-state index in [0.717, 1.165) is 17.7 Å². The van der Waals surface area contributed by atoms with Crippen molar-refractivity contribution in [1.82, 2.24) is 4.98 Å². The first kappa shape index (κ1) is 18.0. The van der Waals surface area contributed by atoms with Gasteiger partial charge in [-0.2, -0.15) is 13.2 Å². The Bertz CT molecular complexity index is 1210. The number of hydrogen-bond acceptors (Lipinski definition) is 3. The molecular weight excluding hydrogens is 367 g/mol. The van der Waals surface area contributed by atoms with Gasteiger partial charge in [-0.3, -0.25) is 0 Å². The number of halogens is 3. The van der Waals surface area contributed by atoms with Crippen LogP contribution < -0.4 is 5.63 Å². The first-order chi connectivity index (χ1) is 13.3. The zero-order valence-corrected chi connectivity index (χ0v) is 14.7. The van der Waals surface area contributed by atoms with Gasteiger partial charge in [-0.25, -0.2) is 9.78 Å². The maximum absolute atomic E-state index is 12.7. The van der Waals surface area contributed by atoms with Crippen LogP contribution >= 0.6 is 0 Å². The van der Waals surface area contributed by atoms with E-state index in [4.69, 9.17) is 4.42 Å². The molecule has 140 valence electrons. The van der Waals surface area contributed by atoms with Crippen LogP contribution in [0.25, 0.3) is 33.5 Å². The van der Waals surface area contributed by atoms with E-state index in [1.807, 2.05) is 31.2 Å². The van der Waals surface area contributed by atoms with Crippen LogP contribution in [-0.4, -0.2) is 4.98 Å². The lowest BCUT2D eigenvalue weighted by atomic mass is 10.0. The van der Waals surface area contributed by atoms with Gasteiger partial charge < -0.3 is 4.42 Å². The lowest BCUT2D eigenvalue weighted by molar-refractivity contribution is -0.137. The van der Waals surface area contributed by atoms with Gasteiger partial charge in [-0.05, 0) is 54.4 Å². The van der Waals surface area contributed by atoms with Gasteiger partial charge in [0.2, 0.25) is 5.89 Å². The van der Waals surface area contributed by atoms with Crippen LogP contribution in [-0.2, 0) is 6.18 Å². The highest BCUT2D eigenvalue weighted by molar-refractivity contribution is 5.84. The van der Waals surface area contributed by atoms with Crippen LogP contribution in [0.2, 0.25) is 0 Å². The molecule has 0 aliphatic rings. The van der Waals surface area contributed by atoms with E-state index in [9.17, 15) is 18.0 Å². The summed E-state index contributed by atoms with van der Waals surface area (Å²) in [5.41, 5.74) is 2.14. The van der Waals surface area contributed by atoms with Gasteiger partial charge in [-0.1, -0.05) is 35.9 Å². The van der Waals surface area contributed by atoms with Crippen molar-refractivity contribution in [1.29, 1.82) is 0 Å². The van der Waals surface area contributed by atoms with E-state index in [0.29, 0.717) is 22.2 Å². The third-order valence-corrected chi connectivity index (χ3v) is 4.47. The number of alkyl halides is 3. The summed E-state index contributed by atoms with van der Waals surface area (Å²) in [6.07, 6.45) is -4.39. The lowest BCUT2D eigenvalue weighted by Crippen LogP contribution is -2.04. The van der Waals surface area contributed by atoms with Crippen LogP contribution in [0.15, 0.2) is 75.9 Å². The Balaban J connectivity index is 1.75. The molecule has 3 nitrogen and oxygen atoms in total. The first-order valence-corrected chi connectivity index (χ1v) is 8.51. The molecule has 0 N–H and O–H groups in total. The van der Waals surface area contributed by atoms with Gasteiger partial charge >= 0.3 is 11.8 Å². The van der Waals surface area contributed by atoms with Gasteiger partial charge in [0.15, 0.2) is 0 Å². The Kier molecular flexibility index (Phi) is 4.26. The molecule has 0 spiro atoms. The molecule has 4 rings (SSSR count). The zero-order chi connectivity index (χ0) is 19.9. The largest absolute Gasteiger partial charge is 0.416 e. The van der Waals surface area contributed by atoms with Crippen LogP contribution in [0.3, 0.4) is 0 Å². The first-order valence-electron chi connectivity index (χ1n) is 8.51. The standard InChI is InChI=1S/C22H14F3NO2/c1-13-2-4-15(5-3-13)20-26-19-11-8-16(12-18(19)21(27)28-20)14-6-9-17(10-7-14)22(23,24)25/h2-12H,1H3. The van der Waals surface area contributed by atoms with Crippen LogP contribution in [0, 0.1) is 6.92 Å². The molecule has 0 bridgehead atoms. The number of nitrogens with zero attached hydrogens (tertiary/aromatic N) is 1. The van der Waals surface area contributed by atoms with E-state index in [1.54, 1.807) is 18.2 Å². The smallest absolute Gasteiger partial charge is 0.403 e. The van der Waals surface area contributed by atoms with Crippen LogP contribution in [0.4, 0.5) is 13.2 Å². The summed E-state index contributed by atoms with van der Waals surface area (Å²) in [7, 11) is 0. The minimum absolute atomic E-state index is 0.222. The Morgan fingerprint density at radius 1 is 0.821 bits per heavy atom. The molecule has 0 saturated carbocycles. The molecule has 0 unspecified atom stereocenters. The van der Waals surface area contributed by atoms with Gasteiger partial charge in [0.1, 0.15) is 0 Å². The minimum Gasteiger partial charge on any atom is -0.403 e. The SMILES string of the molecule is Cc1ccc(-c2nc3ccc(-c4ccc(C(F)(F)F)cc4)cc3c(=O)o2)cc1. The molecule has 3 aromatic carbocycles. The maximum atomic E-state index is 12.7. The second-order valence-electron chi connectivity index (χ2n) is 6.48. The van der Waals surface area contributed by atoms with Gasteiger partial charge in [0, 0.05) is 5.56 Å². The Morgan fingerprint density at radius 2 is 1.43 bits per heavy atom. The quantitative estimate of drug-likeness (QED) is 0.437. The fraction of sp³-hybridized carbons (Fsp3) is 0.0909. The van der Waals surface area contributed by atoms with Gasteiger partial charge in [-0.15, -0.1) is 0 Å². The predicted molar refractivity (Wildman–Crippen MR) is 101 cm³/mol. The lowest BCUT2D eigenvalue weighted by Gasteiger charge is -2.08. The molecule has 0 saturated heterocycles. The number of aromatic nitrogens is 1. The summed E-state index contributed by atoms with van der Waals surface area (Å²) < 4.78 is 43.5. The summed E-state index contributed by atoms with van der Waals surface area (Å²) in [6.45, 7) is 1.95. The molecule has 1 aromatic heterocycles. The highest BCUT2D eigenvalue weighted by Gasteiger charge is 2.29. The van der Waals surface area contributed by atoms with E-state index >= 15 is 0 Å². The fourth-order valence-corrected chi connectivity index (χ4v) is 2.92. The minimum atomic E-state index is -4.39. The van der Waals surface area contributed by atoms with E-state index in [-0.39, 0.29) is 11.3 Å². The third-order valence-electron chi connectivity index (χ3n) is 4.47. The Hall–Kier alpha value is -3.41. The van der Waals surface area contributed by atoms with Gasteiger partial charge in [0.25, 0.3) is 0 Å². The number of fused-ring (bicyclic) bond motifs is 1. The zero-order valence-electron chi connectivity index (χ0n) is 14.7. The third kappa shape index (κ3) is 3.41. The molecule has 4 aromatic rings. The monoisotopic (exact) mass is 381 g/mol. The number of rotatable bonds is 2. The van der Waals surface area contributed by atoms with Crippen LogP contribution in [0.5, 0.6) is 0 Å². The van der Waals surface area contributed by atoms with Crippen LogP contribution in [0.1, 0.15) is 11.1 Å². The second-order valence-corrected chi connectivity index (χ2v) is 6.48.